The van der Waals surface area contributed by atoms with Crippen molar-refractivity contribution in [3.8, 4) is 5.75 Å². The topological polar surface area (TPSA) is 70.8 Å². The second kappa shape index (κ2) is 5.73. The lowest BCUT2D eigenvalue weighted by atomic mass is 10.1. The van der Waals surface area contributed by atoms with Crippen molar-refractivity contribution < 1.29 is 19.0 Å². The average molecular weight is 251 g/mol. The molecule has 0 amide bonds. The van der Waals surface area contributed by atoms with Crippen LogP contribution in [0.5, 0.6) is 5.75 Å². The van der Waals surface area contributed by atoms with Crippen LogP contribution in [0.1, 0.15) is 23.2 Å². The third-order valence-electron chi connectivity index (χ3n) is 2.93. The Morgan fingerprint density at radius 2 is 2.39 bits per heavy atom. The molecule has 1 unspecified atom stereocenters. The SMILES string of the molecule is COc1cccc(C(=O)OCC2CCCO2)c1N. The van der Waals surface area contributed by atoms with Gasteiger partial charge in [-0.2, -0.15) is 0 Å². The number of hydrogen-bond donors (Lipinski definition) is 1. The Balaban J connectivity index is 1.99. The van der Waals surface area contributed by atoms with E-state index in [9.17, 15) is 4.79 Å². The number of esters is 1. The Morgan fingerprint density at radius 1 is 1.56 bits per heavy atom. The van der Waals surface area contributed by atoms with E-state index in [4.69, 9.17) is 19.9 Å². The lowest BCUT2D eigenvalue weighted by Crippen LogP contribution is -2.18. The van der Waals surface area contributed by atoms with Crippen LogP contribution in [0.25, 0.3) is 0 Å². The van der Waals surface area contributed by atoms with Gasteiger partial charge in [0.05, 0.1) is 24.5 Å². The number of carbonyl (C=O) groups excluding carboxylic acids is 1. The van der Waals surface area contributed by atoms with E-state index in [1.54, 1.807) is 18.2 Å². The van der Waals surface area contributed by atoms with Gasteiger partial charge >= 0.3 is 5.97 Å². The van der Waals surface area contributed by atoms with Gasteiger partial charge in [0, 0.05) is 6.61 Å². The van der Waals surface area contributed by atoms with Crippen LogP contribution in [-0.2, 0) is 9.47 Å². The molecule has 1 aliphatic heterocycles. The first kappa shape index (κ1) is 12.7. The number of hydrogen-bond acceptors (Lipinski definition) is 5. The summed E-state index contributed by atoms with van der Waals surface area (Å²) in [7, 11) is 1.51. The highest BCUT2D eigenvalue weighted by Crippen LogP contribution is 2.25. The van der Waals surface area contributed by atoms with Crippen LogP contribution in [-0.4, -0.2) is 32.4 Å². The molecule has 1 fully saturated rings. The number of benzene rings is 1. The fourth-order valence-corrected chi connectivity index (χ4v) is 1.92. The standard InChI is InChI=1S/C13H17NO4/c1-16-11-6-2-5-10(12(11)14)13(15)18-8-9-4-3-7-17-9/h2,5-6,9H,3-4,7-8,14H2,1H3. The van der Waals surface area contributed by atoms with E-state index >= 15 is 0 Å². The highest BCUT2D eigenvalue weighted by molar-refractivity contribution is 5.96. The summed E-state index contributed by atoms with van der Waals surface area (Å²) in [5.41, 5.74) is 6.45. The fraction of sp³-hybridized carbons (Fsp3) is 0.462. The summed E-state index contributed by atoms with van der Waals surface area (Å²) in [6.45, 7) is 1.01. The number of anilines is 1. The zero-order valence-corrected chi connectivity index (χ0v) is 10.3. The molecule has 1 aromatic carbocycles. The van der Waals surface area contributed by atoms with Crippen molar-refractivity contribution in [3.05, 3.63) is 23.8 Å². The molecule has 98 valence electrons. The molecule has 0 spiro atoms. The second-order valence-corrected chi connectivity index (χ2v) is 4.15. The van der Waals surface area contributed by atoms with Gasteiger partial charge in [0.25, 0.3) is 0 Å². The predicted molar refractivity (Wildman–Crippen MR) is 66.7 cm³/mol. The van der Waals surface area contributed by atoms with Crippen LogP contribution >= 0.6 is 0 Å². The minimum absolute atomic E-state index is 0.0146. The number of nitrogen functional groups attached to an aromatic ring is 1. The Bertz CT molecular complexity index is 427. The summed E-state index contributed by atoms with van der Waals surface area (Å²) in [6, 6.07) is 5.03. The maximum atomic E-state index is 11.9. The molecule has 2 N–H and O–H groups in total. The van der Waals surface area contributed by atoms with Crippen molar-refractivity contribution in [2.75, 3.05) is 26.1 Å². The van der Waals surface area contributed by atoms with Crippen LogP contribution in [0.4, 0.5) is 5.69 Å². The quantitative estimate of drug-likeness (QED) is 0.650. The maximum absolute atomic E-state index is 11.9. The maximum Gasteiger partial charge on any atom is 0.340 e. The van der Waals surface area contributed by atoms with Crippen LogP contribution in [0.3, 0.4) is 0 Å². The van der Waals surface area contributed by atoms with E-state index in [0.29, 0.717) is 17.0 Å². The smallest absolute Gasteiger partial charge is 0.340 e. The Hall–Kier alpha value is -1.75. The molecule has 0 saturated carbocycles. The lowest BCUT2D eigenvalue weighted by Gasteiger charge is -2.12. The summed E-state index contributed by atoms with van der Waals surface area (Å²) < 4.78 is 15.6. The van der Waals surface area contributed by atoms with Gasteiger partial charge < -0.3 is 19.9 Å². The van der Waals surface area contributed by atoms with Crippen molar-refractivity contribution in [3.63, 3.8) is 0 Å². The molecular formula is C13H17NO4. The number of rotatable bonds is 4. The van der Waals surface area contributed by atoms with Crippen LogP contribution < -0.4 is 10.5 Å². The molecule has 0 aliphatic carbocycles. The largest absolute Gasteiger partial charge is 0.495 e. The molecule has 0 aromatic heterocycles. The van der Waals surface area contributed by atoms with Gasteiger partial charge in [0.1, 0.15) is 12.4 Å². The fourth-order valence-electron chi connectivity index (χ4n) is 1.92. The minimum atomic E-state index is -0.443. The summed E-state index contributed by atoms with van der Waals surface area (Å²) in [5, 5.41) is 0. The molecule has 18 heavy (non-hydrogen) atoms. The molecule has 1 aromatic rings. The number of ether oxygens (including phenoxy) is 3. The lowest BCUT2D eigenvalue weighted by molar-refractivity contribution is 0.0162. The number of methoxy groups -OCH3 is 1. The van der Waals surface area contributed by atoms with Gasteiger partial charge in [-0.05, 0) is 25.0 Å². The molecule has 2 rings (SSSR count). The zero-order chi connectivity index (χ0) is 13.0. The van der Waals surface area contributed by atoms with Crippen LogP contribution in [0, 0.1) is 0 Å². The number of para-hydroxylation sites is 1. The number of carbonyl (C=O) groups is 1. The summed E-state index contributed by atoms with van der Waals surface area (Å²) in [5.74, 6) is 0.0310. The molecule has 1 aliphatic rings. The monoisotopic (exact) mass is 251 g/mol. The van der Waals surface area contributed by atoms with Gasteiger partial charge in [-0.15, -0.1) is 0 Å². The normalized spacial score (nSPS) is 18.6. The van der Waals surface area contributed by atoms with Gasteiger partial charge in [-0.1, -0.05) is 6.07 Å². The molecule has 1 atom stereocenters. The van der Waals surface area contributed by atoms with Crippen molar-refractivity contribution in [1.82, 2.24) is 0 Å². The summed E-state index contributed by atoms with van der Waals surface area (Å²) in [6.07, 6.45) is 1.96. The molecule has 1 heterocycles. The van der Waals surface area contributed by atoms with E-state index in [1.165, 1.54) is 7.11 Å². The highest BCUT2D eigenvalue weighted by atomic mass is 16.6. The highest BCUT2D eigenvalue weighted by Gasteiger charge is 2.19. The van der Waals surface area contributed by atoms with E-state index in [0.717, 1.165) is 19.4 Å². The summed E-state index contributed by atoms with van der Waals surface area (Å²) in [4.78, 5) is 11.9. The molecule has 0 bridgehead atoms. The van der Waals surface area contributed by atoms with Crippen molar-refractivity contribution in [2.24, 2.45) is 0 Å². The molecule has 5 nitrogen and oxygen atoms in total. The average Bonchev–Trinajstić information content (AvgIpc) is 2.89. The first-order chi connectivity index (χ1) is 8.72. The van der Waals surface area contributed by atoms with Crippen LogP contribution in [0.15, 0.2) is 18.2 Å². The van der Waals surface area contributed by atoms with Crippen molar-refractivity contribution in [2.45, 2.75) is 18.9 Å². The minimum Gasteiger partial charge on any atom is -0.495 e. The molecule has 1 saturated heterocycles. The van der Waals surface area contributed by atoms with Gasteiger partial charge in [-0.25, -0.2) is 4.79 Å². The predicted octanol–water partition coefficient (Wildman–Crippen LogP) is 1.61. The first-order valence-corrected chi connectivity index (χ1v) is 5.93. The Labute approximate surface area is 106 Å². The summed E-state index contributed by atoms with van der Waals surface area (Å²) >= 11 is 0. The molecule has 0 radical (unpaired) electrons. The van der Waals surface area contributed by atoms with E-state index in [1.807, 2.05) is 0 Å². The Morgan fingerprint density at radius 3 is 3.06 bits per heavy atom. The van der Waals surface area contributed by atoms with E-state index in [-0.39, 0.29) is 12.7 Å². The second-order valence-electron chi connectivity index (χ2n) is 4.15. The number of nitrogens with two attached hydrogens (primary N) is 1. The third kappa shape index (κ3) is 2.73. The van der Waals surface area contributed by atoms with Crippen molar-refractivity contribution in [1.29, 1.82) is 0 Å². The molecule has 5 heteroatoms. The Kier molecular flexibility index (Phi) is 4.04. The van der Waals surface area contributed by atoms with E-state index < -0.39 is 5.97 Å². The van der Waals surface area contributed by atoms with Crippen molar-refractivity contribution >= 4 is 11.7 Å². The zero-order valence-electron chi connectivity index (χ0n) is 10.3. The van der Waals surface area contributed by atoms with Gasteiger partial charge in [0.15, 0.2) is 0 Å². The van der Waals surface area contributed by atoms with E-state index in [2.05, 4.69) is 0 Å². The molecular weight excluding hydrogens is 234 g/mol. The first-order valence-electron chi connectivity index (χ1n) is 5.93. The third-order valence-corrected chi connectivity index (χ3v) is 2.93. The van der Waals surface area contributed by atoms with Gasteiger partial charge in [-0.3, -0.25) is 0 Å². The van der Waals surface area contributed by atoms with Gasteiger partial charge in [0.2, 0.25) is 0 Å². The van der Waals surface area contributed by atoms with Crippen LogP contribution in [0.2, 0.25) is 0 Å².